The number of rotatable bonds is 3. The molecule has 1 aromatic carbocycles. The van der Waals surface area contributed by atoms with E-state index in [0.29, 0.717) is 12.0 Å². The summed E-state index contributed by atoms with van der Waals surface area (Å²) in [5.41, 5.74) is 2.88. The van der Waals surface area contributed by atoms with Gasteiger partial charge in [-0.1, -0.05) is 38.1 Å². The van der Waals surface area contributed by atoms with Gasteiger partial charge in [0.05, 0.1) is 6.10 Å². The highest BCUT2D eigenvalue weighted by Gasteiger charge is 2.22. The van der Waals surface area contributed by atoms with E-state index in [0.717, 1.165) is 13.0 Å². The molecule has 0 fully saturated rings. The molecule has 1 aromatic rings. The number of hydrogen-bond acceptors (Lipinski definition) is 1. The highest BCUT2D eigenvalue weighted by molar-refractivity contribution is 5.33. The predicted octanol–water partition coefficient (Wildman–Crippen LogP) is 3.35. The summed E-state index contributed by atoms with van der Waals surface area (Å²) in [6, 6.07) is 8.64. The highest BCUT2D eigenvalue weighted by Crippen LogP contribution is 2.33. The van der Waals surface area contributed by atoms with Crippen LogP contribution in [0.25, 0.3) is 0 Å². The van der Waals surface area contributed by atoms with Crippen LogP contribution in [0, 0.1) is 5.92 Å². The van der Waals surface area contributed by atoms with Crippen molar-refractivity contribution in [3.8, 4) is 0 Å². The summed E-state index contributed by atoms with van der Waals surface area (Å²) in [6.07, 6.45) is 2.69. The van der Waals surface area contributed by atoms with Crippen LogP contribution in [0.15, 0.2) is 24.3 Å². The minimum absolute atomic E-state index is 0.355. The van der Waals surface area contributed by atoms with Gasteiger partial charge in [-0.15, -0.1) is 0 Å². The summed E-state index contributed by atoms with van der Waals surface area (Å²) >= 11 is 0. The lowest BCUT2D eigenvalue weighted by Gasteiger charge is -2.14. The molecule has 1 heteroatoms. The van der Waals surface area contributed by atoms with Crippen molar-refractivity contribution >= 4 is 0 Å². The Hall–Kier alpha value is -0.820. The predicted molar refractivity (Wildman–Crippen MR) is 58.3 cm³/mol. The lowest BCUT2D eigenvalue weighted by molar-refractivity contribution is 0.0363. The standard InChI is InChI=1S/C13H18O/c1-10(2)9-14-13-8-7-11-5-3-4-6-12(11)13/h3-6,10,13H,7-9H2,1-2H3. The summed E-state index contributed by atoms with van der Waals surface area (Å²) in [5.74, 6) is 0.628. The van der Waals surface area contributed by atoms with E-state index in [4.69, 9.17) is 4.74 Å². The quantitative estimate of drug-likeness (QED) is 0.710. The maximum atomic E-state index is 5.89. The molecule has 1 atom stereocenters. The molecule has 0 aromatic heterocycles. The molecule has 1 unspecified atom stereocenters. The van der Waals surface area contributed by atoms with Crippen LogP contribution < -0.4 is 0 Å². The third kappa shape index (κ3) is 1.98. The highest BCUT2D eigenvalue weighted by atomic mass is 16.5. The minimum atomic E-state index is 0.355. The molecule has 0 amide bonds. The molecule has 0 saturated heterocycles. The van der Waals surface area contributed by atoms with Crippen LogP contribution >= 0.6 is 0 Å². The fourth-order valence-corrected chi connectivity index (χ4v) is 2.00. The van der Waals surface area contributed by atoms with Crippen molar-refractivity contribution in [1.82, 2.24) is 0 Å². The van der Waals surface area contributed by atoms with Crippen molar-refractivity contribution in [2.24, 2.45) is 5.92 Å². The smallest absolute Gasteiger partial charge is 0.0830 e. The second kappa shape index (κ2) is 4.14. The lowest BCUT2D eigenvalue weighted by Crippen LogP contribution is -2.06. The molecular weight excluding hydrogens is 172 g/mol. The van der Waals surface area contributed by atoms with Gasteiger partial charge in [0, 0.05) is 6.61 Å². The van der Waals surface area contributed by atoms with Crippen LogP contribution in [0.2, 0.25) is 0 Å². The van der Waals surface area contributed by atoms with Crippen molar-refractivity contribution in [3.63, 3.8) is 0 Å². The molecule has 0 heterocycles. The Morgan fingerprint density at radius 1 is 1.36 bits per heavy atom. The molecule has 0 saturated carbocycles. The first-order chi connectivity index (χ1) is 6.77. The van der Waals surface area contributed by atoms with Crippen LogP contribution in [0.5, 0.6) is 0 Å². The molecule has 0 radical (unpaired) electrons. The maximum absolute atomic E-state index is 5.89. The summed E-state index contributed by atoms with van der Waals surface area (Å²) in [6.45, 7) is 5.26. The maximum Gasteiger partial charge on any atom is 0.0830 e. The van der Waals surface area contributed by atoms with Gasteiger partial charge in [-0.05, 0) is 29.9 Å². The number of aryl methyl sites for hydroxylation is 1. The van der Waals surface area contributed by atoms with E-state index in [1.54, 1.807) is 0 Å². The van der Waals surface area contributed by atoms with E-state index in [9.17, 15) is 0 Å². The summed E-state index contributed by atoms with van der Waals surface area (Å²) in [4.78, 5) is 0. The monoisotopic (exact) mass is 190 g/mol. The van der Waals surface area contributed by atoms with E-state index in [2.05, 4.69) is 38.1 Å². The summed E-state index contributed by atoms with van der Waals surface area (Å²) in [7, 11) is 0. The SMILES string of the molecule is CC(C)COC1CCc2ccccc21. The normalized spacial score (nSPS) is 20.1. The zero-order valence-corrected chi connectivity index (χ0v) is 8.99. The first-order valence-corrected chi connectivity index (χ1v) is 5.47. The summed E-state index contributed by atoms with van der Waals surface area (Å²) < 4.78 is 5.89. The Morgan fingerprint density at radius 2 is 2.14 bits per heavy atom. The molecular formula is C13H18O. The number of fused-ring (bicyclic) bond motifs is 1. The van der Waals surface area contributed by atoms with E-state index < -0.39 is 0 Å². The molecule has 2 rings (SSSR count). The first-order valence-electron chi connectivity index (χ1n) is 5.47. The molecule has 14 heavy (non-hydrogen) atoms. The van der Waals surface area contributed by atoms with Gasteiger partial charge >= 0.3 is 0 Å². The van der Waals surface area contributed by atoms with Gasteiger partial charge in [-0.25, -0.2) is 0 Å². The largest absolute Gasteiger partial charge is 0.373 e. The first kappa shape index (κ1) is 9.72. The molecule has 76 valence electrons. The Balaban J connectivity index is 2.03. The fourth-order valence-electron chi connectivity index (χ4n) is 2.00. The van der Waals surface area contributed by atoms with Gasteiger partial charge in [0.1, 0.15) is 0 Å². The molecule has 1 aliphatic rings. The zero-order chi connectivity index (χ0) is 9.97. The van der Waals surface area contributed by atoms with Gasteiger partial charge in [-0.2, -0.15) is 0 Å². The van der Waals surface area contributed by atoms with E-state index >= 15 is 0 Å². The van der Waals surface area contributed by atoms with Gasteiger partial charge in [0.25, 0.3) is 0 Å². The van der Waals surface area contributed by atoms with Crippen molar-refractivity contribution in [2.75, 3.05) is 6.61 Å². The molecule has 0 bridgehead atoms. The van der Waals surface area contributed by atoms with Gasteiger partial charge < -0.3 is 4.74 Å². The van der Waals surface area contributed by atoms with Crippen molar-refractivity contribution in [1.29, 1.82) is 0 Å². The van der Waals surface area contributed by atoms with Crippen molar-refractivity contribution in [3.05, 3.63) is 35.4 Å². The van der Waals surface area contributed by atoms with Crippen molar-refractivity contribution in [2.45, 2.75) is 32.8 Å². The topological polar surface area (TPSA) is 9.23 Å². The molecule has 0 N–H and O–H groups in total. The lowest BCUT2D eigenvalue weighted by atomic mass is 10.1. The average Bonchev–Trinajstić information content (AvgIpc) is 2.58. The van der Waals surface area contributed by atoms with Crippen LogP contribution in [0.3, 0.4) is 0 Å². The van der Waals surface area contributed by atoms with E-state index in [1.165, 1.54) is 17.5 Å². The van der Waals surface area contributed by atoms with Crippen LogP contribution in [0.1, 0.15) is 37.5 Å². The molecule has 1 nitrogen and oxygen atoms in total. The van der Waals surface area contributed by atoms with E-state index in [-0.39, 0.29) is 0 Å². The van der Waals surface area contributed by atoms with Crippen molar-refractivity contribution < 1.29 is 4.74 Å². The Labute approximate surface area is 86.1 Å². The van der Waals surface area contributed by atoms with Gasteiger partial charge in [0.2, 0.25) is 0 Å². The van der Waals surface area contributed by atoms with Gasteiger partial charge in [-0.3, -0.25) is 0 Å². The third-order valence-corrected chi connectivity index (χ3v) is 2.71. The van der Waals surface area contributed by atoms with Crippen LogP contribution in [-0.4, -0.2) is 6.61 Å². The Morgan fingerprint density at radius 3 is 2.93 bits per heavy atom. The molecule has 0 spiro atoms. The number of hydrogen-bond donors (Lipinski definition) is 0. The molecule has 0 aliphatic heterocycles. The fraction of sp³-hybridized carbons (Fsp3) is 0.538. The second-order valence-electron chi connectivity index (χ2n) is 4.45. The average molecular weight is 190 g/mol. The number of ether oxygens (including phenoxy) is 1. The van der Waals surface area contributed by atoms with Crippen LogP contribution in [-0.2, 0) is 11.2 Å². The Kier molecular flexibility index (Phi) is 2.87. The zero-order valence-electron chi connectivity index (χ0n) is 8.99. The minimum Gasteiger partial charge on any atom is -0.373 e. The van der Waals surface area contributed by atoms with Crippen LogP contribution in [0.4, 0.5) is 0 Å². The second-order valence-corrected chi connectivity index (χ2v) is 4.45. The Bertz CT molecular complexity index is 304. The number of benzene rings is 1. The molecule has 1 aliphatic carbocycles. The van der Waals surface area contributed by atoms with Gasteiger partial charge in [0.15, 0.2) is 0 Å². The third-order valence-electron chi connectivity index (χ3n) is 2.71. The summed E-state index contributed by atoms with van der Waals surface area (Å²) in [5, 5.41) is 0. The van der Waals surface area contributed by atoms with E-state index in [1.807, 2.05) is 0 Å².